The molecule has 1 aromatic heterocycles. The topological polar surface area (TPSA) is 73.6 Å². The van der Waals surface area contributed by atoms with Crippen molar-refractivity contribution in [3.05, 3.63) is 53.8 Å². The molecule has 3 aromatic rings. The summed E-state index contributed by atoms with van der Waals surface area (Å²) in [6.45, 7) is -0.0839. The number of carbonyl (C=O) groups is 1. The molecule has 0 saturated carbocycles. The minimum atomic E-state index is -1.08. The predicted molar refractivity (Wildman–Crippen MR) is 84.9 cm³/mol. The van der Waals surface area contributed by atoms with Crippen molar-refractivity contribution in [3.63, 3.8) is 0 Å². The summed E-state index contributed by atoms with van der Waals surface area (Å²) in [5, 5.41) is 13.8. The predicted octanol–water partition coefficient (Wildman–Crippen LogP) is 2.70. The number of aliphatic carboxylic acids is 1. The zero-order valence-electron chi connectivity index (χ0n) is 12.9. The Morgan fingerprint density at radius 1 is 1.25 bits per heavy atom. The molecule has 1 heterocycles. The van der Waals surface area contributed by atoms with Crippen molar-refractivity contribution in [1.82, 2.24) is 9.78 Å². The van der Waals surface area contributed by atoms with Crippen LogP contribution in [0.3, 0.4) is 0 Å². The third kappa shape index (κ3) is 3.29. The number of hydrogen-bond donors (Lipinski definition) is 1. The second-order valence-corrected chi connectivity index (χ2v) is 5.15. The molecule has 0 bridgehead atoms. The van der Waals surface area contributed by atoms with Gasteiger partial charge in [0.1, 0.15) is 11.6 Å². The lowest BCUT2D eigenvalue weighted by atomic mass is 10.2. The van der Waals surface area contributed by atoms with Gasteiger partial charge in [-0.15, -0.1) is 5.10 Å². The van der Waals surface area contributed by atoms with E-state index in [1.165, 1.54) is 12.1 Å². The van der Waals surface area contributed by atoms with Crippen molar-refractivity contribution >= 4 is 16.9 Å². The van der Waals surface area contributed by atoms with Crippen LogP contribution in [0.15, 0.2) is 42.5 Å². The molecule has 0 radical (unpaired) electrons. The lowest BCUT2D eigenvalue weighted by molar-refractivity contribution is -0.139. The van der Waals surface area contributed by atoms with Gasteiger partial charge >= 0.3 is 5.97 Å². The van der Waals surface area contributed by atoms with E-state index in [1.54, 1.807) is 36.1 Å². The van der Waals surface area contributed by atoms with Gasteiger partial charge < -0.3 is 14.6 Å². The molecule has 0 aliphatic rings. The van der Waals surface area contributed by atoms with Crippen LogP contribution in [-0.2, 0) is 11.3 Å². The molecule has 0 saturated heterocycles. The van der Waals surface area contributed by atoms with E-state index in [2.05, 4.69) is 5.10 Å². The Morgan fingerprint density at radius 3 is 2.67 bits per heavy atom. The Labute approximate surface area is 137 Å². The van der Waals surface area contributed by atoms with Crippen LogP contribution < -0.4 is 9.47 Å². The summed E-state index contributed by atoms with van der Waals surface area (Å²) < 4.78 is 25.2. The van der Waals surface area contributed by atoms with Crippen LogP contribution in [0.2, 0.25) is 0 Å². The molecular formula is C17H15FN2O4. The molecule has 0 fully saturated rings. The number of carboxylic acids is 1. The molecule has 0 unspecified atom stereocenters. The van der Waals surface area contributed by atoms with Gasteiger partial charge in [0.2, 0.25) is 5.88 Å². The van der Waals surface area contributed by atoms with E-state index >= 15 is 0 Å². The number of fused-ring (bicyclic) bond motifs is 1. The fourth-order valence-electron chi connectivity index (χ4n) is 2.38. The Hall–Kier alpha value is -3.09. The molecule has 2 aromatic carbocycles. The van der Waals surface area contributed by atoms with Crippen LogP contribution in [0, 0.1) is 5.82 Å². The van der Waals surface area contributed by atoms with Crippen molar-refractivity contribution in [3.8, 4) is 11.6 Å². The zero-order chi connectivity index (χ0) is 17.1. The fourth-order valence-corrected chi connectivity index (χ4v) is 2.38. The maximum absolute atomic E-state index is 13.0. The maximum Gasteiger partial charge on any atom is 0.341 e. The summed E-state index contributed by atoms with van der Waals surface area (Å²) in [6.07, 6.45) is 0. The molecule has 0 aliphatic carbocycles. The highest BCUT2D eigenvalue weighted by Gasteiger charge is 2.14. The van der Waals surface area contributed by atoms with Gasteiger partial charge in [-0.2, -0.15) is 0 Å². The maximum atomic E-state index is 13.0. The minimum Gasteiger partial charge on any atom is -0.497 e. The van der Waals surface area contributed by atoms with Gasteiger partial charge in [0.25, 0.3) is 0 Å². The number of ether oxygens (including phenoxy) is 2. The molecule has 24 heavy (non-hydrogen) atoms. The Morgan fingerprint density at radius 2 is 2.00 bits per heavy atom. The van der Waals surface area contributed by atoms with Crippen molar-refractivity contribution in [2.75, 3.05) is 13.7 Å². The van der Waals surface area contributed by atoms with E-state index in [-0.39, 0.29) is 11.7 Å². The van der Waals surface area contributed by atoms with E-state index in [0.717, 1.165) is 11.1 Å². The number of aromatic nitrogens is 2. The number of halogens is 1. The van der Waals surface area contributed by atoms with Gasteiger partial charge in [0.15, 0.2) is 6.61 Å². The van der Waals surface area contributed by atoms with Crippen molar-refractivity contribution in [2.24, 2.45) is 0 Å². The highest BCUT2D eigenvalue weighted by Crippen LogP contribution is 2.29. The number of hydrogen-bond acceptors (Lipinski definition) is 4. The van der Waals surface area contributed by atoms with E-state index < -0.39 is 12.6 Å². The summed E-state index contributed by atoms with van der Waals surface area (Å²) >= 11 is 0. The zero-order valence-corrected chi connectivity index (χ0v) is 12.9. The quantitative estimate of drug-likeness (QED) is 0.752. The van der Waals surface area contributed by atoms with Gasteiger partial charge in [-0.3, -0.25) is 4.68 Å². The summed E-state index contributed by atoms with van der Waals surface area (Å²) in [4.78, 5) is 10.7. The SMILES string of the molecule is COc1ccc2c(c1)c(OCC(=O)O)nn2Cc1ccc(F)cc1. The fraction of sp³-hybridized carbons (Fsp3) is 0.176. The van der Waals surface area contributed by atoms with E-state index in [1.807, 2.05) is 6.07 Å². The summed E-state index contributed by atoms with van der Waals surface area (Å²) in [5.41, 5.74) is 1.63. The molecule has 7 heteroatoms. The molecule has 3 rings (SSSR count). The molecule has 0 aliphatic heterocycles. The molecule has 0 amide bonds. The first kappa shape index (κ1) is 15.8. The Bertz CT molecular complexity index is 874. The second kappa shape index (κ2) is 6.57. The summed E-state index contributed by atoms with van der Waals surface area (Å²) in [5.74, 6) is -0.559. The number of methoxy groups -OCH3 is 1. The first-order valence-electron chi connectivity index (χ1n) is 7.20. The molecular weight excluding hydrogens is 315 g/mol. The van der Waals surface area contributed by atoms with Crippen molar-refractivity contribution < 1.29 is 23.8 Å². The lowest BCUT2D eigenvalue weighted by Gasteiger charge is -2.04. The minimum absolute atomic E-state index is 0.216. The monoisotopic (exact) mass is 330 g/mol. The molecule has 124 valence electrons. The van der Waals surface area contributed by atoms with Gasteiger partial charge in [0.05, 0.1) is 24.6 Å². The van der Waals surface area contributed by atoms with Gasteiger partial charge in [-0.25, -0.2) is 9.18 Å². The Balaban J connectivity index is 2.00. The van der Waals surface area contributed by atoms with Crippen LogP contribution in [0.25, 0.3) is 10.9 Å². The Kier molecular flexibility index (Phi) is 4.33. The number of benzene rings is 2. The molecule has 6 nitrogen and oxygen atoms in total. The third-order valence-electron chi connectivity index (χ3n) is 3.50. The van der Waals surface area contributed by atoms with Crippen LogP contribution in [0.1, 0.15) is 5.56 Å². The first-order valence-corrected chi connectivity index (χ1v) is 7.20. The van der Waals surface area contributed by atoms with Gasteiger partial charge in [-0.1, -0.05) is 12.1 Å². The number of carboxylic acid groups (broad SMARTS) is 1. The summed E-state index contributed by atoms with van der Waals surface area (Å²) in [6, 6.07) is 11.4. The van der Waals surface area contributed by atoms with E-state index in [9.17, 15) is 9.18 Å². The highest BCUT2D eigenvalue weighted by molar-refractivity contribution is 5.86. The highest BCUT2D eigenvalue weighted by atomic mass is 19.1. The van der Waals surface area contributed by atoms with E-state index in [0.29, 0.717) is 17.7 Å². The van der Waals surface area contributed by atoms with Crippen LogP contribution in [0.4, 0.5) is 4.39 Å². The van der Waals surface area contributed by atoms with Gasteiger partial charge in [-0.05, 0) is 35.9 Å². The largest absolute Gasteiger partial charge is 0.497 e. The standard InChI is InChI=1S/C17H15FN2O4/c1-23-13-6-7-15-14(8-13)17(24-10-16(21)22)19-20(15)9-11-2-4-12(18)5-3-11/h2-8H,9-10H2,1H3,(H,21,22). The second-order valence-electron chi connectivity index (χ2n) is 5.15. The normalized spacial score (nSPS) is 10.8. The van der Waals surface area contributed by atoms with Gasteiger partial charge in [0, 0.05) is 0 Å². The lowest BCUT2D eigenvalue weighted by Crippen LogP contribution is -2.10. The molecule has 0 atom stereocenters. The van der Waals surface area contributed by atoms with Crippen molar-refractivity contribution in [1.29, 1.82) is 0 Å². The van der Waals surface area contributed by atoms with E-state index in [4.69, 9.17) is 14.6 Å². The smallest absolute Gasteiger partial charge is 0.341 e. The number of nitrogens with zero attached hydrogens (tertiary/aromatic N) is 2. The average molecular weight is 330 g/mol. The van der Waals surface area contributed by atoms with Crippen LogP contribution in [-0.4, -0.2) is 34.6 Å². The first-order chi connectivity index (χ1) is 11.6. The molecule has 0 spiro atoms. The number of rotatable bonds is 6. The van der Waals surface area contributed by atoms with Crippen LogP contribution >= 0.6 is 0 Å². The average Bonchev–Trinajstić information content (AvgIpc) is 2.92. The van der Waals surface area contributed by atoms with Crippen molar-refractivity contribution in [2.45, 2.75) is 6.54 Å². The van der Waals surface area contributed by atoms with Crippen LogP contribution in [0.5, 0.6) is 11.6 Å². The summed E-state index contributed by atoms with van der Waals surface area (Å²) in [7, 11) is 1.54. The third-order valence-corrected chi connectivity index (χ3v) is 3.50. The molecule has 1 N–H and O–H groups in total.